The second kappa shape index (κ2) is 6.36. The number of nitrogens with zero attached hydrogens (tertiary/aromatic N) is 3. The zero-order valence-electron chi connectivity index (χ0n) is 14.8. The number of carbonyl (C=O) groups excluding carboxylic acids is 4. The number of imide groups is 1. The van der Waals surface area contributed by atoms with Gasteiger partial charge in [0, 0.05) is 13.3 Å². The summed E-state index contributed by atoms with van der Waals surface area (Å²) in [6.07, 6.45) is -0.371. The third-order valence-electron chi connectivity index (χ3n) is 4.45. The molecule has 1 fully saturated rings. The summed E-state index contributed by atoms with van der Waals surface area (Å²) >= 11 is 0. The molecule has 2 aliphatic heterocycles. The molecular formula is C18H19N3O5. The van der Waals surface area contributed by atoms with Gasteiger partial charge in [-0.1, -0.05) is 12.1 Å². The first-order valence-corrected chi connectivity index (χ1v) is 8.29. The Balaban J connectivity index is 1.99. The molecule has 1 spiro atoms. The minimum absolute atomic E-state index is 0.0331. The summed E-state index contributed by atoms with van der Waals surface area (Å²) in [5.41, 5.74) is -0.212. The Morgan fingerprint density at radius 2 is 2.00 bits per heavy atom. The molecule has 0 bridgehead atoms. The first-order valence-electron chi connectivity index (χ1n) is 8.29. The molecule has 0 N–H and O–H groups in total. The standard InChI is InChI=1S/C18H19N3O5/c1-4-26-16(24)14-9-18(21(19-14)12(3)22)10-15(23)20(17(18)25)13-7-5-6-11(2)8-13/h5-8H,4,9-10H2,1-3H3/t18-/m0/s1. The Morgan fingerprint density at radius 3 is 2.62 bits per heavy atom. The van der Waals surface area contributed by atoms with Gasteiger partial charge in [0.15, 0.2) is 5.54 Å². The number of hydrogen-bond acceptors (Lipinski definition) is 6. The molecule has 0 aromatic heterocycles. The van der Waals surface area contributed by atoms with Gasteiger partial charge >= 0.3 is 5.97 Å². The lowest BCUT2D eigenvalue weighted by Gasteiger charge is -2.28. The topological polar surface area (TPSA) is 96.3 Å². The first kappa shape index (κ1) is 17.8. The largest absolute Gasteiger partial charge is 0.461 e. The van der Waals surface area contributed by atoms with E-state index < -0.39 is 29.2 Å². The smallest absolute Gasteiger partial charge is 0.354 e. The van der Waals surface area contributed by atoms with Crippen LogP contribution in [0.5, 0.6) is 0 Å². The van der Waals surface area contributed by atoms with Crippen LogP contribution in [-0.4, -0.2) is 46.6 Å². The van der Waals surface area contributed by atoms with Crippen LogP contribution in [0.2, 0.25) is 0 Å². The molecule has 1 aromatic carbocycles. The van der Waals surface area contributed by atoms with E-state index in [0.717, 1.165) is 15.5 Å². The molecule has 0 radical (unpaired) electrons. The molecule has 1 aromatic rings. The third kappa shape index (κ3) is 2.67. The second-order valence-electron chi connectivity index (χ2n) is 6.36. The van der Waals surface area contributed by atoms with E-state index in [1.165, 1.54) is 6.92 Å². The van der Waals surface area contributed by atoms with E-state index in [2.05, 4.69) is 5.10 Å². The van der Waals surface area contributed by atoms with Crippen molar-refractivity contribution in [1.29, 1.82) is 0 Å². The van der Waals surface area contributed by atoms with Gasteiger partial charge in [-0.15, -0.1) is 0 Å². The van der Waals surface area contributed by atoms with E-state index in [9.17, 15) is 19.2 Å². The van der Waals surface area contributed by atoms with Crippen molar-refractivity contribution in [3.05, 3.63) is 29.8 Å². The molecule has 0 aliphatic carbocycles. The van der Waals surface area contributed by atoms with Gasteiger partial charge in [0.25, 0.3) is 5.91 Å². The molecular weight excluding hydrogens is 338 g/mol. The number of anilines is 1. The number of esters is 1. The first-order chi connectivity index (χ1) is 12.3. The second-order valence-corrected chi connectivity index (χ2v) is 6.36. The van der Waals surface area contributed by atoms with Crippen LogP contribution in [0.25, 0.3) is 0 Å². The summed E-state index contributed by atoms with van der Waals surface area (Å²) in [4.78, 5) is 51.0. The number of benzene rings is 1. The zero-order chi connectivity index (χ0) is 19.1. The summed E-state index contributed by atoms with van der Waals surface area (Å²) in [6, 6.07) is 6.97. The van der Waals surface area contributed by atoms with Crippen molar-refractivity contribution in [1.82, 2.24) is 5.01 Å². The van der Waals surface area contributed by atoms with Crippen molar-refractivity contribution in [3.63, 3.8) is 0 Å². The molecule has 0 unspecified atom stereocenters. The third-order valence-corrected chi connectivity index (χ3v) is 4.45. The molecule has 136 valence electrons. The maximum atomic E-state index is 13.2. The Hall–Kier alpha value is -3.03. The van der Waals surface area contributed by atoms with E-state index in [4.69, 9.17) is 4.74 Å². The van der Waals surface area contributed by atoms with Gasteiger partial charge in [0.05, 0.1) is 18.7 Å². The fourth-order valence-corrected chi connectivity index (χ4v) is 3.36. The molecule has 3 rings (SSSR count). The summed E-state index contributed by atoms with van der Waals surface area (Å²) in [6.45, 7) is 4.89. The highest BCUT2D eigenvalue weighted by Gasteiger charge is 2.61. The fourth-order valence-electron chi connectivity index (χ4n) is 3.36. The number of hydrogen-bond donors (Lipinski definition) is 0. The molecule has 8 heteroatoms. The van der Waals surface area contributed by atoms with Crippen LogP contribution in [0, 0.1) is 6.92 Å². The highest BCUT2D eigenvalue weighted by molar-refractivity contribution is 6.39. The lowest BCUT2D eigenvalue weighted by atomic mass is 9.91. The van der Waals surface area contributed by atoms with Crippen molar-refractivity contribution >= 4 is 35.1 Å². The van der Waals surface area contributed by atoms with E-state index in [1.807, 2.05) is 13.0 Å². The highest BCUT2D eigenvalue weighted by atomic mass is 16.5. The zero-order valence-corrected chi connectivity index (χ0v) is 14.8. The van der Waals surface area contributed by atoms with Crippen LogP contribution < -0.4 is 4.90 Å². The molecule has 3 amide bonds. The minimum Gasteiger partial charge on any atom is -0.461 e. The average Bonchev–Trinajstić information content (AvgIpc) is 3.07. The van der Waals surface area contributed by atoms with Crippen molar-refractivity contribution in [2.45, 2.75) is 39.2 Å². The van der Waals surface area contributed by atoms with Crippen molar-refractivity contribution < 1.29 is 23.9 Å². The highest BCUT2D eigenvalue weighted by Crippen LogP contribution is 2.40. The number of amides is 3. The van der Waals surface area contributed by atoms with Gasteiger partial charge in [0.2, 0.25) is 11.8 Å². The number of carbonyl (C=O) groups is 4. The summed E-state index contributed by atoms with van der Waals surface area (Å²) in [5.74, 6) is -2.21. The monoisotopic (exact) mass is 357 g/mol. The van der Waals surface area contributed by atoms with Crippen LogP contribution in [0.4, 0.5) is 5.69 Å². The molecule has 1 saturated heterocycles. The van der Waals surface area contributed by atoms with Gasteiger partial charge in [-0.2, -0.15) is 5.10 Å². The summed E-state index contributed by atoms with van der Waals surface area (Å²) in [7, 11) is 0. The maximum absolute atomic E-state index is 13.2. The summed E-state index contributed by atoms with van der Waals surface area (Å²) in [5, 5.41) is 4.95. The normalized spacial score (nSPS) is 22.2. The Bertz CT molecular complexity index is 847. The molecule has 2 heterocycles. The number of aryl methyl sites for hydroxylation is 1. The van der Waals surface area contributed by atoms with Crippen molar-refractivity contribution in [2.75, 3.05) is 11.5 Å². The fraction of sp³-hybridized carbons (Fsp3) is 0.389. The van der Waals surface area contributed by atoms with Gasteiger partial charge in [0.1, 0.15) is 5.71 Å². The predicted octanol–water partition coefficient (Wildman–Crippen LogP) is 1.17. The van der Waals surface area contributed by atoms with Crippen molar-refractivity contribution in [3.8, 4) is 0 Å². The van der Waals surface area contributed by atoms with Crippen LogP contribution in [0.15, 0.2) is 29.4 Å². The lowest BCUT2D eigenvalue weighted by Crippen LogP contribution is -2.51. The Kier molecular flexibility index (Phi) is 4.35. The number of hydrazone groups is 1. The van der Waals surface area contributed by atoms with E-state index in [1.54, 1.807) is 25.1 Å². The van der Waals surface area contributed by atoms with Crippen LogP contribution in [0.3, 0.4) is 0 Å². The molecule has 26 heavy (non-hydrogen) atoms. The van der Waals surface area contributed by atoms with Gasteiger partial charge in [-0.05, 0) is 31.5 Å². The van der Waals surface area contributed by atoms with E-state index in [0.29, 0.717) is 5.69 Å². The molecule has 0 saturated carbocycles. The number of rotatable bonds is 3. The van der Waals surface area contributed by atoms with E-state index in [-0.39, 0.29) is 25.2 Å². The van der Waals surface area contributed by atoms with Crippen LogP contribution in [-0.2, 0) is 23.9 Å². The molecule has 1 atom stereocenters. The quantitative estimate of drug-likeness (QED) is 0.598. The Morgan fingerprint density at radius 1 is 1.27 bits per heavy atom. The number of ether oxygens (including phenoxy) is 1. The summed E-state index contributed by atoms with van der Waals surface area (Å²) < 4.78 is 4.93. The van der Waals surface area contributed by atoms with E-state index >= 15 is 0 Å². The van der Waals surface area contributed by atoms with Gasteiger partial charge in [-0.25, -0.2) is 14.7 Å². The average molecular weight is 357 g/mol. The molecule has 8 nitrogen and oxygen atoms in total. The predicted molar refractivity (Wildman–Crippen MR) is 92.2 cm³/mol. The van der Waals surface area contributed by atoms with Crippen molar-refractivity contribution in [2.24, 2.45) is 5.10 Å². The van der Waals surface area contributed by atoms with Gasteiger partial charge in [-0.3, -0.25) is 14.4 Å². The molecule has 2 aliphatic rings. The maximum Gasteiger partial charge on any atom is 0.354 e. The lowest BCUT2D eigenvalue weighted by molar-refractivity contribution is -0.141. The van der Waals surface area contributed by atoms with Gasteiger partial charge < -0.3 is 4.74 Å². The van der Waals surface area contributed by atoms with Crippen LogP contribution in [0.1, 0.15) is 32.3 Å². The van der Waals surface area contributed by atoms with Crippen LogP contribution >= 0.6 is 0 Å². The minimum atomic E-state index is -1.51. The SMILES string of the molecule is CCOC(=O)C1=NN(C(C)=O)[C@]2(CC(=O)N(c3cccc(C)c3)C2=O)C1. The Labute approximate surface area is 150 Å².